The summed E-state index contributed by atoms with van der Waals surface area (Å²) in [5, 5.41) is 11.0. The quantitative estimate of drug-likeness (QED) is 0.544. The Morgan fingerprint density at radius 1 is 1.17 bits per heavy atom. The number of rotatable bonds is 3. The zero-order valence-electron chi connectivity index (χ0n) is 17.5. The first-order valence-corrected chi connectivity index (χ1v) is 10.0. The molecule has 4 aliphatic rings. The van der Waals surface area contributed by atoms with Crippen molar-refractivity contribution in [2.45, 2.75) is 51.6 Å². The molecule has 30 heavy (non-hydrogen) atoms. The first-order valence-electron chi connectivity index (χ1n) is 10.0. The molecular formula is C22H26O8. The van der Waals surface area contributed by atoms with Gasteiger partial charge < -0.3 is 24.1 Å². The van der Waals surface area contributed by atoms with Crippen molar-refractivity contribution in [2.24, 2.45) is 16.7 Å². The molecule has 0 saturated carbocycles. The number of fused-ring (bicyclic) bond motifs is 3. The van der Waals surface area contributed by atoms with Crippen molar-refractivity contribution in [3.05, 3.63) is 34.9 Å². The molecule has 1 N–H and O–H groups in total. The number of cyclic esters (lactones) is 2. The van der Waals surface area contributed by atoms with Gasteiger partial charge in [-0.3, -0.25) is 0 Å². The standard InChI is InChI=1S/C22H26O8/c1-21-10-14(11-8-17(27-3)30-18(11)24)29-20(26)13(21)9-16(23)22(2)12(19(25)28-4)6-5-7-15(21)22/h6,8-9,14-17,23H,5,7,10H2,1-4H3/t14-,15-,16-,17+,21+,22-/m0/s1. The molecule has 0 spiro atoms. The molecule has 0 amide bonds. The summed E-state index contributed by atoms with van der Waals surface area (Å²) >= 11 is 0. The molecule has 2 heterocycles. The van der Waals surface area contributed by atoms with Crippen LogP contribution in [-0.2, 0) is 33.3 Å². The topological polar surface area (TPSA) is 108 Å². The fraction of sp³-hybridized carbons (Fsp3) is 0.591. The van der Waals surface area contributed by atoms with Crippen LogP contribution in [0.1, 0.15) is 33.1 Å². The van der Waals surface area contributed by atoms with Crippen LogP contribution in [0.2, 0.25) is 0 Å². The highest BCUT2D eigenvalue weighted by Gasteiger charge is 2.62. The number of carbonyl (C=O) groups is 3. The van der Waals surface area contributed by atoms with Crippen LogP contribution in [0.25, 0.3) is 0 Å². The Balaban J connectivity index is 1.77. The number of carbonyl (C=O) groups excluding carboxylic acids is 3. The van der Waals surface area contributed by atoms with E-state index in [1.54, 1.807) is 0 Å². The predicted molar refractivity (Wildman–Crippen MR) is 103 cm³/mol. The number of esters is 3. The average molecular weight is 418 g/mol. The van der Waals surface area contributed by atoms with E-state index in [2.05, 4.69) is 0 Å². The second-order valence-corrected chi connectivity index (χ2v) is 8.69. The van der Waals surface area contributed by atoms with E-state index in [1.165, 1.54) is 26.4 Å². The van der Waals surface area contributed by atoms with Crippen molar-refractivity contribution >= 4 is 17.9 Å². The zero-order valence-corrected chi connectivity index (χ0v) is 17.5. The number of ether oxygens (including phenoxy) is 4. The molecule has 1 fully saturated rings. The molecule has 0 aromatic rings. The highest BCUT2D eigenvalue weighted by molar-refractivity contribution is 5.96. The fourth-order valence-corrected chi connectivity index (χ4v) is 5.69. The molecule has 0 unspecified atom stereocenters. The lowest BCUT2D eigenvalue weighted by molar-refractivity contribution is -0.161. The summed E-state index contributed by atoms with van der Waals surface area (Å²) in [5.41, 5.74) is -0.586. The molecule has 2 aliphatic carbocycles. The van der Waals surface area contributed by atoms with Gasteiger partial charge in [-0.05, 0) is 37.3 Å². The second kappa shape index (κ2) is 7.06. The maximum absolute atomic E-state index is 12.9. The molecule has 8 heteroatoms. The van der Waals surface area contributed by atoms with Gasteiger partial charge in [0.2, 0.25) is 6.29 Å². The van der Waals surface area contributed by atoms with Gasteiger partial charge in [-0.15, -0.1) is 0 Å². The van der Waals surface area contributed by atoms with Crippen molar-refractivity contribution in [3.8, 4) is 0 Å². The number of aliphatic hydroxyl groups is 1. The van der Waals surface area contributed by atoms with Crippen molar-refractivity contribution in [3.63, 3.8) is 0 Å². The maximum atomic E-state index is 12.9. The van der Waals surface area contributed by atoms with Crippen LogP contribution in [0.4, 0.5) is 0 Å². The SMILES string of the molecule is COC(=O)C1=CCC[C@@H]2[C@@]1(C)[C@@H](O)C=C1C(=O)O[C@H](C3=C[C@H](OC)OC3=O)C[C@]12C. The minimum atomic E-state index is -1.05. The molecule has 0 aromatic carbocycles. The number of aliphatic hydroxyl groups excluding tert-OH is 1. The number of allylic oxidation sites excluding steroid dienone is 1. The summed E-state index contributed by atoms with van der Waals surface area (Å²) in [6, 6.07) is 0. The first kappa shape index (κ1) is 20.8. The van der Waals surface area contributed by atoms with Crippen molar-refractivity contribution < 1.29 is 38.4 Å². The molecule has 4 rings (SSSR count). The van der Waals surface area contributed by atoms with Gasteiger partial charge >= 0.3 is 17.9 Å². The number of hydrogen-bond acceptors (Lipinski definition) is 8. The monoisotopic (exact) mass is 418 g/mol. The van der Waals surface area contributed by atoms with Crippen LogP contribution in [0.15, 0.2) is 34.9 Å². The van der Waals surface area contributed by atoms with Crippen LogP contribution in [0.5, 0.6) is 0 Å². The molecule has 0 bridgehead atoms. The third-order valence-electron chi connectivity index (χ3n) is 7.27. The second-order valence-electron chi connectivity index (χ2n) is 8.69. The lowest BCUT2D eigenvalue weighted by atomic mass is 9.48. The third-order valence-corrected chi connectivity index (χ3v) is 7.27. The Morgan fingerprint density at radius 3 is 2.53 bits per heavy atom. The summed E-state index contributed by atoms with van der Waals surface area (Å²) in [5.74, 6) is -1.86. The fourth-order valence-electron chi connectivity index (χ4n) is 5.69. The largest absolute Gasteiger partial charge is 0.466 e. The van der Waals surface area contributed by atoms with Gasteiger partial charge in [-0.25, -0.2) is 14.4 Å². The molecule has 8 nitrogen and oxygen atoms in total. The van der Waals surface area contributed by atoms with Crippen molar-refractivity contribution in [1.82, 2.24) is 0 Å². The molecule has 162 valence electrons. The molecule has 6 atom stereocenters. The Hall–Kier alpha value is -2.45. The van der Waals surface area contributed by atoms with Gasteiger partial charge in [0.15, 0.2) is 0 Å². The Labute approximate surface area is 174 Å². The lowest BCUT2D eigenvalue weighted by Gasteiger charge is -2.57. The number of hydrogen-bond donors (Lipinski definition) is 1. The van der Waals surface area contributed by atoms with Crippen molar-refractivity contribution in [2.75, 3.05) is 14.2 Å². The predicted octanol–water partition coefficient (Wildman–Crippen LogP) is 1.58. The number of methoxy groups -OCH3 is 2. The van der Waals surface area contributed by atoms with E-state index >= 15 is 0 Å². The van der Waals surface area contributed by atoms with Crippen LogP contribution in [0.3, 0.4) is 0 Å². The molecule has 2 aliphatic heterocycles. The van der Waals surface area contributed by atoms with Gasteiger partial charge in [-0.2, -0.15) is 0 Å². The van der Waals surface area contributed by atoms with Gasteiger partial charge in [0.25, 0.3) is 0 Å². The van der Waals surface area contributed by atoms with E-state index in [1.807, 2.05) is 19.9 Å². The van der Waals surface area contributed by atoms with Gasteiger partial charge in [0, 0.05) is 29.1 Å². The van der Waals surface area contributed by atoms with E-state index in [-0.39, 0.29) is 11.5 Å². The Bertz CT molecular complexity index is 899. The van der Waals surface area contributed by atoms with Gasteiger partial charge in [-0.1, -0.05) is 19.9 Å². The highest BCUT2D eigenvalue weighted by atomic mass is 16.7. The smallest absolute Gasteiger partial charge is 0.340 e. The van der Waals surface area contributed by atoms with E-state index in [9.17, 15) is 19.5 Å². The first-order chi connectivity index (χ1) is 14.2. The molecular weight excluding hydrogens is 392 g/mol. The normalized spacial score (nSPS) is 40.2. The van der Waals surface area contributed by atoms with E-state index in [4.69, 9.17) is 18.9 Å². The Kier molecular flexibility index (Phi) is 4.90. The maximum Gasteiger partial charge on any atom is 0.340 e. The zero-order chi connectivity index (χ0) is 21.8. The van der Waals surface area contributed by atoms with E-state index in [0.717, 1.165) is 0 Å². The van der Waals surface area contributed by atoms with E-state index < -0.39 is 47.2 Å². The summed E-state index contributed by atoms with van der Waals surface area (Å²) < 4.78 is 20.7. The van der Waals surface area contributed by atoms with Gasteiger partial charge in [0.1, 0.15) is 6.10 Å². The third kappa shape index (κ3) is 2.77. The van der Waals surface area contributed by atoms with Crippen LogP contribution >= 0.6 is 0 Å². The summed E-state index contributed by atoms with van der Waals surface area (Å²) in [6.07, 6.45) is 3.82. The minimum absolute atomic E-state index is 0.231. The molecule has 0 radical (unpaired) electrons. The summed E-state index contributed by atoms with van der Waals surface area (Å²) in [4.78, 5) is 37.7. The lowest BCUT2D eigenvalue weighted by Crippen LogP contribution is -2.58. The minimum Gasteiger partial charge on any atom is -0.466 e. The highest BCUT2D eigenvalue weighted by Crippen LogP contribution is 2.62. The van der Waals surface area contributed by atoms with Gasteiger partial charge in [0.05, 0.1) is 18.8 Å². The van der Waals surface area contributed by atoms with Crippen LogP contribution in [0, 0.1) is 16.7 Å². The van der Waals surface area contributed by atoms with E-state index in [0.29, 0.717) is 30.4 Å². The summed E-state index contributed by atoms with van der Waals surface area (Å²) in [7, 11) is 2.73. The Morgan fingerprint density at radius 2 is 1.90 bits per heavy atom. The molecule has 1 saturated heterocycles. The molecule has 0 aromatic heterocycles. The van der Waals surface area contributed by atoms with Crippen LogP contribution in [-0.4, -0.2) is 55.7 Å². The van der Waals surface area contributed by atoms with Crippen molar-refractivity contribution in [1.29, 1.82) is 0 Å². The average Bonchev–Trinajstić information content (AvgIpc) is 3.10. The van der Waals surface area contributed by atoms with Crippen LogP contribution < -0.4 is 0 Å². The summed E-state index contributed by atoms with van der Waals surface area (Å²) in [6.45, 7) is 3.78.